The van der Waals surface area contributed by atoms with Crippen molar-refractivity contribution in [1.29, 1.82) is 0 Å². The Labute approximate surface area is 130 Å². The van der Waals surface area contributed by atoms with Gasteiger partial charge in [0.15, 0.2) is 5.78 Å². The van der Waals surface area contributed by atoms with E-state index in [1.54, 1.807) is 37.1 Å². The molecule has 0 N–H and O–H groups in total. The van der Waals surface area contributed by atoms with Crippen LogP contribution in [0, 0.1) is 5.92 Å². The molecule has 2 atom stereocenters. The van der Waals surface area contributed by atoms with E-state index in [1.165, 1.54) is 25.7 Å². The zero-order valence-corrected chi connectivity index (χ0v) is 13.6. The third-order valence-corrected chi connectivity index (χ3v) is 5.44. The number of carbonyl (C=O) groups is 1. The van der Waals surface area contributed by atoms with Crippen LogP contribution in [0.4, 0.5) is 0 Å². The molecular formula is C16H21ClO2S. The second kappa shape index (κ2) is 7.37. The summed E-state index contributed by atoms with van der Waals surface area (Å²) in [5.74, 6) is 2.10. The molecule has 0 spiro atoms. The Morgan fingerprint density at radius 3 is 2.90 bits per heavy atom. The van der Waals surface area contributed by atoms with E-state index >= 15 is 0 Å². The average molecular weight is 313 g/mol. The van der Waals surface area contributed by atoms with Crippen LogP contribution in [0.5, 0.6) is 5.75 Å². The Kier molecular flexibility index (Phi) is 5.79. The summed E-state index contributed by atoms with van der Waals surface area (Å²) in [5.41, 5.74) is 0.673. The number of ether oxygens (including phenoxy) is 1. The van der Waals surface area contributed by atoms with Crippen LogP contribution in [0.2, 0.25) is 5.02 Å². The van der Waals surface area contributed by atoms with Crippen molar-refractivity contribution in [2.75, 3.05) is 12.9 Å². The maximum Gasteiger partial charge on any atom is 0.172 e. The first kappa shape index (κ1) is 15.7. The van der Waals surface area contributed by atoms with Gasteiger partial charge >= 0.3 is 0 Å². The zero-order chi connectivity index (χ0) is 14.5. The van der Waals surface area contributed by atoms with E-state index in [1.807, 2.05) is 0 Å². The Morgan fingerprint density at radius 1 is 1.45 bits per heavy atom. The number of halogens is 1. The number of benzene rings is 1. The fourth-order valence-corrected chi connectivity index (χ4v) is 4.26. The fraction of sp³-hybridized carbons (Fsp3) is 0.562. The van der Waals surface area contributed by atoms with Gasteiger partial charge in [-0.1, -0.05) is 31.4 Å². The Hall–Kier alpha value is -0.670. The molecule has 2 rings (SSSR count). The van der Waals surface area contributed by atoms with Crippen LogP contribution in [0.1, 0.15) is 43.0 Å². The van der Waals surface area contributed by atoms with E-state index in [-0.39, 0.29) is 5.78 Å². The molecule has 0 aliphatic heterocycles. The van der Waals surface area contributed by atoms with E-state index in [0.717, 1.165) is 5.92 Å². The summed E-state index contributed by atoms with van der Waals surface area (Å²) < 4.78 is 5.10. The number of hydrogen-bond donors (Lipinski definition) is 0. The van der Waals surface area contributed by atoms with Crippen molar-refractivity contribution in [1.82, 2.24) is 0 Å². The maximum absolute atomic E-state index is 12.2. The number of thioether (sulfide) groups is 1. The summed E-state index contributed by atoms with van der Waals surface area (Å²) in [4.78, 5) is 12.2. The van der Waals surface area contributed by atoms with Crippen LogP contribution >= 0.6 is 23.4 Å². The molecular weight excluding hydrogens is 292 g/mol. The summed E-state index contributed by atoms with van der Waals surface area (Å²) in [5, 5.41) is 1.13. The van der Waals surface area contributed by atoms with Gasteiger partial charge in [0.25, 0.3) is 0 Å². The number of methoxy groups -OCH3 is 1. The second-order valence-electron chi connectivity index (χ2n) is 5.48. The highest BCUT2D eigenvalue weighted by Crippen LogP contribution is 2.32. The van der Waals surface area contributed by atoms with Crippen molar-refractivity contribution in [3.05, 3.63) is 28.8 Å². The molecule has 0 amide bonds. The average Bonchev–Trinajstić information content (AvgIpc) is 2.44. The van der Waals surface area contributed by atoms with Gasteiger partial charge in [-0.3, -0.25) is 4.79 Å². The molecule has 110 valence electrons. The minimum absolute atomic E-state index is 0.151. The first-order chi connectivity index (χ1) is 9.60. The van der Waals surface area contributed by atoms with Gasteiger partial charge in [0, 0.05) is 10.8 Å². The fourth-order valence-electron chi connectivity index (χ4n) is 2.65. The first-order valence-corrected chi connectivity index (χ1v) is 8.51. The molecule has 0 aromatic heterocycles. The second-order valence-corrected chi connectivity index (χ2v) is 7.17. The highest BCUT2D eigenvalue weighted by atomic mass is 35.5. The zero-order valence-electron chi connectivity index (χ0n) is 12.0. The van der Waals surface area contributed by atoms with Gasteiger partial charge in [-0.25, -0.2) is 0 Å². The highest BCUT2D eigenvalue weighted by Gasteiger charge is 2.20. The summed E-state index contributed by atoms with van der Waals surface area (Å²) in [6.45, 7) is 2.30. The molecule has 0 bridgehead atoms. The van der Waals surface area contributed by atoms with Gasteiger partial charge in [0.2, 0.25) is 0 Å². The quantitative estimate of drug-likeness (QED) is 0.727. The van der Waals surface area contributed by atoms with E-state index in [0.29, 0.717) is 27.3 Å². The third kappa shape index (κ3) is 4.16. The molecule has 1 aliphatic rings. The monoisotopic (exact) mass is 312 g/mol. The van der Waals surface area contributed by atoms with E-state index in [9.17, 15) is 4.79 Å². The maximum atomic E-state index is 12.2. The molecule has 1 saturated carbocycles. The first-order valence-electron chi connectivity index (χ1n) is 7.08. The molecule has 0 radical (unpaired) electrons. The lowest BCUT2D eigenvalue weighted by Crippen LogP contribution is -2.17. The number of ketones is 1. The number of rotatable bonds is 5. The molecule has 1 fully saturated rings. The minimum atomic E-state index is 0.151. The van der Waals surface area contributed by atoms with Crippen LogP contribution in [-0.4, -0.2) is 23.9 Å². The van der Waals surface area contributed by atoms with Gasteiger partial charge < -0.3 is 4.74 Å². The Morgan fingerprint density at radius 2 is 2.25 bits per heavy atom. The predicted molar refractivity (Wildman–Crippen MR) is 86.2 cm³/mol. The SMILES string of the molecule is COc1ccc(C(=O)CSC2CCCC(C)C2)cc1Cl. The molecule has 2 unspecified atom stereocenters. The lowest BCUT2D eigenvalue weighted by molar-refractivity contribution is 0.102. The van der Waals surface area contributed by atoms with Gasteiger partial charge in [0.1, 0.15) is 5.75 Å². The molecule has 20 heavy (non-hydrogen) atoms. The van der Waals surface area contributed by atoms with Crippen LogP contribution in [0.3, 0.4) is 0 Å². The number of hydrogen-bond acceptors (Lipinski definition) is 3. The van der Waals surface area contributed by atoms with Crippen molar-refractivity contribution in [2.45, 2.75) is 37.9 Å². The molecule has 0 saturated heterocycles. The van der Waals surface area contributed by atoms with Crippen LogP contribution in [0.15, 0.2) is 18.2 Å². The van der Waals surface area contributed by atoms with Crippen molar-refractivity contribution >= 4 is 29.1 Å². The normalized spacial score (nSPS) is 22.6. The lowest BCUT2D eigenvalue weighted by Gasteiger charge is -2.25. The van der Waals surface area contributed by atoms with Crippen molar-refractivity contribution < 1.29 is 9.53 Å². The lowest BCUT2D eigenvalue weighted by atomic mass is 9.91. The molecule has 1 aromatic carbocycles. The largest absolute Gasteiger partial charge is 0.495 e. The summed E-state index contributed by atoms with van der Waals surface area (Å²) in [6, 6.07) is 5.24. The van der Waals surface area contributed by atoms with E-state index in [4.69, 9.17) is 16.3 Å². The molecule has 0 heterocycles. The standard InChI is InChI=1S/C16H21ClO2S/c1-11-4-3-5-13(8-11)20-10-15(18)12-6-7-16(19-2)14(17)9-12/h6-7,9,11,13H,3-5,8,10H2,1-2H3. The van der Waals surface area contributed by atoms with Crippen molar-refractivity contribution in [2.24, 2.45) is 5.92 Å². The Balaban J connectivity index is 1.90. The topological polar surface area (TPSA) is 26.3 Å². The third-order valence-electron chi connectivity index (χ3n) is 3.81. The van der Waals surface area contributed by atoms with Gasteiger partial charge in [-0.05, 0) is 37.0 Å². The summed E-state index contributed by atoms with van der Waals surface area (Å²) in [7, 11) is 1.57. The smallest absolute Gasteiger partial charge is 0.172 e. The van der Waals surface area contributed by atoms with Crippen LogP contribution in [-0.2, 0) is 0 Å². The Bertz CT molecular complexity index is 476. The summed E-state index contributed by atoms with van der Waals surface area (Å²) >= 11 is 7.85. The van der Waals surface area contributed by atoms with Crippen molar-refractivity contribution in [3.8, 4) is 5.75 Å². The van der Waals surface area contributed by atoms with Crippen molar-refractivity contribution in [3.63, 3.8) is 0 Å². The molecule has 2 nitrogen and oxygen atoms in total. The molecule has 1 aliphatic carbocycles. The molecule has 4 heteroatoms. The van der Waals surface area contributed by atoms with E-state index < -0.39 is 0 Å². The number of Topliss-reactive ketones (excluding diaryl/α,β-unsaturated/α-hetero) is 1. The van der Waals surface area contributed by atoms with E-state index in [2.05, 4.69) is 6.92 Å². The van der Waals surface area contributed by atoms with Gasteiger partial charge in [-0.15, -0.1) is 0 Å². The van der Waals surface area contributed by atoms with Crippen LogP contribution < -0.4 is 4.74 Å². The van der Waals surface area contributed by atoms with Gasteiger partial charge in [0.05, 0.1) is 17.9 Å². The minimum Gasteiger partial charge on any atom is -0.495 e. The predicted octanol–water partition coefficient (Wildman–Crippen LogP) is 4.84. The van der Waals surface area contributed by atoms with Gasteiger partial charge in [-0.2, -0.15) is 11.8 Å². The summed E-state index contributed by atoms with van der Waals surface area (Å²) in [6.07, 6.45) is 5.10. The molecule has 1 aromatic rings. The highest BCUT2D eigenvalue weighted by molar-refractivity contribution is 8.00. The van der Waals surface area contributed by atoms with Crippen LogP contribution in [0.25, 0.3) is 0 Å². The number of carbonyl (C=O) groups excluding carboxylic acids is 1.